The summed E-state index contributed by atoms with van der Waals surface area (Å²) >= 11 is 0. The van der Waals surface area contributed by atoms with Gasteiger partial charge in [0.1, 0.15) is 19.8 Å². The van der Waals surface area contributed by atoms with Gasteiger partial charge in [-0.15, -0.1) is 0 Å². The Hall–Kier alpha value is -3.33. The second kappa shape index (κ2) is 54.5. The molecule has 424 valence electrons. The molecule has 0 saturated carbocycles. The fraction of sp³-hybridized carbons (Fsp3) is 0.688. The summed E-state index contributed by atoms with van der Waals surface area (Å²) in [5.41, 5.74) is 0. The van der Waals surface area contributed by atoms with Crippen LogP contribution in [0.5, 0.6) is 0 Å². The highest BCUT2D eigenvalue weighted by molar-refractivity contribution is 7.47. The average molecular weight is 1050 g/mol. The molecule has 0 heterocycles. The number of likely N-dealkylation sites (N-methyl/N-ethyl adjacent to an activating group) is 1. The van der Waals surface area contributed by atoms with Gasteiger partial charge in [0, 0.05) is 12.8 Å². The first-order valence-corrected chi connectivity index (χ1v) is 31.1. The van der Waals surface area contributed by atoms with Gasteiger partial charge in [-0.2, -0.15) is 0 Å². The van der Waals surface area contributed by atoms with Gasteiger partial charge in [-0.3, -0.25) is 18.6 Å². The molecular formula is C64H111NO8P+. The summed E-state index contributed by atoms with van der Waals surface area (Å²) in [4.78, 5) is 35.7. The second-order valence-corrected chi connectivity index (χ2v) is 22.1. The van der Waals surface area contributed by atoms with Crippen molar-refractivity contribution in [3.63, 3.8) is 0 Å². The number of phosphoric ester groups is 1. The third kappa shape index (κ3) is 57.9. The van der Waals surface area contributed by atoms with E-state index in [0.29, 0.717) is 17.4 Å². The van der Waals surface area contributed by atoms with Gasteiger partial charge in [-0.1, -0.05) is 245 Å². The molecule has 0 rings (SSSR count). The minimum atomic E-state index is -4.40. The smallest absolute Gasteiger partial charge is 0.462 e. The minimum absolute atomic E-state index is 0.0203. The van der Waals surface area contributed by atoms with Crippen LogP contribution in [-0.4, -0.2) is 74.9 Å². The van der Waals surface area contributed by atoms with Crippen LogP contribution in [0.2, 0.25) is 0 Å². The number of ether oxygens (including phenoxy) is 2. The fourth-order valence-corrected chi connectivity index (χ4v) is 8.51. The molecule has 2 unspecified atom stereocenters. The van der Waals surface area contributed by atoms with Crippen LogP contribution in [0, 0.1) is 0 Å². The fourth-order valence-electron chi connectivity index (χ4n) is 7.77. The van der Waals surface area contributed by atoms with Crippen LogP contribution in [0.15, 0.2) is 109 Å². The number of unbranched alkanes of at least 4 members (excludes halogenated alkanes) is 21. The zero-order chi connectivity index (χ0) is 54.2. The van der Waals surface area contributed by atoms with Gasteiger partial charge in [-0.05, 0) is 83.5 Å². The van der Waals surface area contributed by atoms with E-state index in [1.54, 1.807) is 0 Å². The Morgan fingerprint density at radius 1 is 0.432 bits per heavy atom. The molecule has 0 aliphatic heterocycles. The maximum Gasteiger partial charge on any atom is 0.472 e. The van der Waals surface area contributed by atoms with Crippen molar-refractivity contribution in [3.05, 3.63) is 109 Å². The average Bonchev–Trinajstić information content (AvgIpc) is 3.36. The van der Waals surface area contributed by atoms with Gasteiger partial charge in [0.25, 0.3) is 0 Å². The van der Waals surface area contributed by atoms with Crippen LogP contribution in [0.3, 0.4) is 0 Å². The number of phosphoric acid groups is 1. The van der Waals surface area contributed by atoms with Gasteiger partial charge in [-0.25, -0.2) is 4.57 Å². The van der Waals surface area contributed by atoms with Gasteiger partial charge >= 0.3 is 19.8 Å². The van der Waals surface area contributed by atoms with E-state index in [2.05, 4.69) is 123 Å². The topological polar surface area (TPSA) is 108 Å². The van der Waals surface area contributed by atoms with Crippen molar-refractivity contribution in [1.29, 1.82) is 0 Å². The molecule has 0 bridgehead atoms. The van der Waals surface area contributed by atoms with E-state index in [9.17, 15) is 19.0 Å². The molecule has 0 aliphatic rings. The molecule has 9 nitrogen and oxygen atoms in total. The molecule has 0 aromatic rings. The van der Waals surface area contributed by atoms with E-state index < -0.39 is 26.5 Å². The lowest BCUT2D eigenvalue weighted by molar-refractivity contribution is -0.870. The van der Waals surface area contributed by atoms with Crippen LogP contribution in [0.1, 0.15) is 232 Å². The highest BCUT2D eigenvalue weighted by Crippen LogP contribution is 2.43. The lowest BCUT2D eigenvalue weighted by atomic mass is 10.0. The molecule has 0 radical (unpaired) electrons. The first kappa shape index (κ1) is 70.7. The number of hydrogen-bond acceptors (Lipinski definition) is 7. The predicted molar refractivity (Wildman–Crippen MR) is 316 cm³/mol. The first-order chi connectivity index (χ1) is 36.0. The Labute approximate surface area is 455 Å². The van der Waals surface area contributed by atoms with Crippen molar-refractivity contribution in [2.45, 2.75) is 238 Å². The third-order valence-electron chi connectivity index (χ3n) is 12.3. The quantitative estimate of drug-likeness (QED) is 0.0211. The van der Waals surface area contributed by atoms with E-state index in [1.165, 1.54) is 103 Å². The van der Waals surface area contributed by atoms with Crippen molar-refractivity contribution in [2.24, 2.45) is 0 Å². The van der Waals surface area contributed by atoms with E-state index in [4.69, 9.17) is 18.5 Å². The molecule has 0 spiro atoms. The molecule has 0 fully saturated rings. The van der Waals surface area contributed by atoms with Crippen LogP contribution >= 0.6 is 7.82 Å². The number of nitrogens with zero attached hydrogens (tertiary/aromatic N) is 1. The summed E-state index contributed by atoms with van der Waals surface area (Å²) in [5.74, 6) is -0.836. The Morgan fingerprint density at radius 3 is 1.15 bits per heavy atom. The van der Waals surface area contributed by atoms with E-state index >= 15 is 0 Å². The molecule has 0 aliphatic carbocycles. The number of allylic oxidation sites excluding steroid dienone is 18. The summed E-state index contributed by atoms with van der Waals surface area (Å²) < 4.78 is 34.5. The molecule has 0 saturated heterocycles. The number of quaternary nitrogens is 1. The Bertz CT molecular complexity index is 1620. The van der Waals surface area contributed by atoms with Gasteiger partial charge in [0.15, 0.2) is 6.10 Å². The summed E-state index contributed by atoms with van der Waals surface area (Å²) in [6.45, 7) is 4.29. The van der Waals surface area contributed by atoms with Gasteiger partial charge in [0.2, 0.25) is 0 Å². The zero-order valence-corrected chi connectivity index (χ0v) is 48.9. The number of carbonyl (C=O) groups excluding carboxylic acids is 2. The lowest BCUT2D eigenvalue weighted by Crippen LogP contribution is -2.37. The maximum absolute atomic E-state index is 12.8. The van der Waals surface area contributed by atoms with Crippen molar-refractivity contribution >= 4 is 19.8 Å². The van der Waals surface area contributed by atoms with E-state index in [1.807, 2.05) is 21.1 Å². The predicted octanol–water partition coefficient (Wildman–Crippen LogP) is 18.6. The molecule has 0 aromatic carbocycles. The summed E-state index contributed by atoms with van der Waals surface area (Å²) in [5, 5.41) is 0. The highest BCUT2D eigenvalue weighted by atomic mass is 31.2. The standard InChI is InChI=1S/C64H110NO8P/c1-6-8-10-12-14-16-18-20-22-24-26-27-28-29-30-31-32-33-34-35-36-37-39-41-43-45-47-49-51-53-55-57-64(67)73-62(61-72-74(68,69)71-59-58-65(3,4)5)60-70-63(66)56-54-52-50-48-46-44-42-40-38-25-23-21-19-17-15-13-11-9-7-2/h8,10,14,16,20,22,26-27,29-30,32-33,35-36,39,41,45,47,62H,6-7,9,11-13,15,17-19,21,23-25,28,31,34,37-38,40,42-44,46,48-61H2,1-5H3/p+1/b10-8-,16-14-,22-20-,27-26-,30-29-,33-32-,36-35-,41-39-,47-45-. The lowest BCUT2D eigenvalue weighted by Gasteiger charge is -2.24. The SMILES string of the molecule is CC/C=C\C/C=C\C/C=C\C/C=C\C/C=C\C/C=C\C/C=C\C/C=C\C/C=C\CCCCCC(=O)OC(COC(=O)CCCCCCCCCCCCCCCCCCCCC)COP(=O)(O)OCC[N+](C)(C)C. The number of carbonyl (C=O) groups is 2. The van der Waals surface area contributed by atoms with Gasteiger partial charge in [0.05, 0.1) is 27.7 Å². The van der Waals surface area contributed by atoms with Crippen molar-refractivity contribution < 1.29 is 42.1 Å². The number of esters is 2. The number of hydrogen-bond donors (Lipinski definition) is 1. The molecule has 10 heteroatoms. The molecular weight excluding hydrogens is 942 g/mol. The summed E-state index contributed by atoms with van der Waals surface area (Å²) in [6.07, 6.45) is 75.9. The summed E-state index contributed by atoms with van der Waals surface area (Å²) in [7, 11) is 1.44. The molecule has 0 amide bonds. The molecule has 74 heavy (non-hydrogen) atoms. The molecule has 1 N–H and O–H groups in total. The summed E-state index contributed by atoms with van der Waals surface area (Å²) in [6, 6.07) is 0. The van der Waals surface area contributed by atoms with Gasteiger partial charge < -0.3 is 18.9 Å². The molecule has 2 atom stereocenters. The Kier molecular flexibility index (Phi) is 52.0. The van der Waals surface area contributed by atoms with Crippen LogP contribution < -0.4 is 0 Å². The largest absolute Gasteiger partial charge is 0.472 e. The monoisotopic (exact) mass is 1050 g/mol. The van der Waals surface area contributed by atoms with E-state index in [-0.39, 0.29) is 32.0 Å². The maximum atomic E-state index is 12.8. The number of rotatable bonds is 53. The normalized spacial score (nSPS) is 14.1. The molecule has 0 aromatic heterocycles. The van der Waals surface area contributed by atoms with Crippen molar-refractivity contribution in [2.75, 3.05) is 47.5 Å². The van der Waals surface area contributed by atoms with E-state index in [0.717, 1.165) is 96.3 Å². The minimum Gasteiger partial charge on any atom is -0.462 e. The zero-order valence-electron chi connectivity index (χ0n) is 48.0. The van der Waals surface area contributed by atoms with Crippen LogP contribution in [0.25, 0.3) is 0 Å². The van der Waals surface area contributed by atoms with Crippen molar-refractivity contribution in [1.82, 2.24) is 0 Å². The highest BCUT2D eigenvalue weighted by Gasteiger charge is 2.27. The third-order valence-corrected chi connectivity index (χ3v) is 13.3. The van der Waals surface area contributed by atoms with Crippen LogP contribution in [0.4, 0.5) is 0 Å². The first-order valence-electron chi connectivity index (χ1n) is 29.6. The Balaban J connectivity index is 4.27. The van der Waals surface area contributed by atoms with Crippen molar-refractivity contribution in [3.8, 4) is 0 Å². The Morgan fingerprint density at radius 2 is 0.770 bits per heavy atom. The second-order valence-electron chi connectivity index (χ2n) is 20.7. The van der Waals surface area contributed by atoms with Crippen LogP contribution in [-0.2, 0) is 32.7 Å².